The van der Waals surface area contributed by atoms with E-state index in [1.54, 1.807) is 7.11 Å². The summed E-state index contributed by atoms with van der Waals surface area (Å²) in [5.41, 5.74) is 1.60. The zero-order chi connectivity index (χ0) is 15.5. The van der Waals surface area contributed by atoms with Gasteiger partial charge >= 0.3 is 0 Å². The highest BCUT2D eigenvalue weighted by atomic mass is 16.5. The molecule has 0 amide bonds. The first-order valence-electron chi connectivity index (χ1n) is 8.10. The fourth-order valence-electron chi connectivity index (χ4n) is 3.34. The van der Waals surface area contributed by atoms with E-state index >= 15 is 0 Å². The molecule has 0 aliphatic heterocycles. The fraction of sp³-hybridized carbons (Fsp3) is 0.500. The molecule has 4 heteroatoms. The van der Waals surface area contributed by atoms with Gasteiger partial charge in [0.1, 0.15) is 5.75 Å². The van der Waals surface area contributed by atoms with Crippen molar-refractivity contribution < 1.29 is 4.74 Å². The minimum Gasteiger partial charge on any atom is -0.497 e. The number of H-pyrrole nitrogens is 1. The molecule has 118 valence electrons. The Balaban J connectivity index is 1.78. The number of pyridine rings is 1. The number of methoxy groups -OCH3 is 1. The Labute approximate surface area is 130 Å². The monoisotopic (exact) mass is 300 g/mol. The van der Waals surface area contributed by atoms with E-state index in [4.69, 9.17) is 4.74 Å². The van der Waals surface area contributed by atoms with E-state index in [1.807, 2.05) is 24.3 Å². The van der Waals surface area contributed by atoms with Crippen LogP contribution in [0.3, 0.4) is 0 Å². The lowest BCUT2D eigenvalue weighted by Crippen LogP contribution is -2.37. The third-order valence-corrected chi connectivity index (χ3v) is 4.80. The van der Waals surface area contributed by atoms with Gasteiger partial charge in [-0.15, -0.1) is 0 Å². The summed E-state index contributed by atoms with van der Waals surface area (Å²) >= 11 is 0. The SMILES string of the molecule is COc1ccc2cc(CN[C@H]3CCCC[C@H]3C)c(=O)[nH]c2c1. The lowest BCUT2D eigenvalue weighted by atomic mass is 9.86. The molecule has 1 aromatic carbocycles. The number of rotatable bonds is 4. The van der Waals surface area contributed by atoms with E-state index in [-0.39, 0.29) is 5.56 Å². The number of aromatic amines is 1. The van der Waals surface area contributed by atoms with E-state index in [9.17, 15) is 4.79 Å². The van der Waals surface area contributed by atoms with Crippen LogP contribution in [0.5, 0.6) is 5.75 Å². The minimum atomic E-state index is -0.0169. The third kappa shape index (κ3) is 3.17. The van der Waals surface area contributed by atoms with Gasteiger partial charge in [-0.2, -0.15) is 0 Å². The lowest BCUT2D eigenvalue weighted by Gasteiger charge is -2.29. The molecule has 1 aromatic heterocycles. The van der Waals surface area contributed by atoms with Gasteiger partial charge in [0.2, 0.25) is 0 Å². The average molecular weight is 300 g/mol. The highest BCUT2D eigenvalue weighted by Crippen LogP contribution is 2.24. The van der Waals surface area contributed by atoms with E-state index in [0.717, 1.165) is 22.2 Å². The van der Waals surface area contributed by atoms with Gasteiger partial charge in [0.25, 0.3) is 5.56 Å². The second kappa shape index (κ2) is 6.53. The molecule has 1 heterocycles. The summed E-state index contributed by atoms with van der Waals surface area (Å²) in [7, 11) is 1.63. The molecule has 0 unspecified atom stereocenters. The predicted molar refractivity (Wildman–Crippen MR) is 89.4 cm³/mol. The molecular formula is C18H24N2O2. The molecule has 0 radical (unpaired) electrons. The molecule has 4 nitrogen and oxygen atoms in total. The lowest BCUT2D eigenvalue weighted by molar-refractivity contribution is 0.279. The number of fused-ring (bicyclic) bond motifs is 1. The summed E-state index contributed by atoms with van der Waals surface area (Å²) in [5.74, 6) is 1.45. The second-order valence-corrected chi connectivity index (χ2v) is 6.33. The maximum Gasteiger partial charge on any atom is 0.252 e. The summed E-state index contributed by atoms with van der Waals surface area (Å²) in [6.07, 6.45) is 5.11. The summed E-state index contributed by atoms with van der Waals surface area (Å²) < 4.78 is 5.20. The molecule has 1 aliphatic carbocycles. The van der Waals surface area contributed by atoms with Crippen LogP contribution in [0.15, 0.2) is 29.1 Å². The molecule has 2 aromatic rings. The van der Waals surface area contributed by atoms with Gasteiger partial charge in [-0.25, -0.2) is 0 Å². The van der Waals surface area contributed by atoms with Gasteiger partial charge in [0.15, 0.2) is 0 Å². The van der Waals surface area contributed by atoms with E-state index in [2.05, 4.69) is 17.2 Å². The van der Waals surface area contributed by atoms with Crippen LogP contribution in [0, 0.1) is 5.92 Å². The van der Waals surface area contributed by atoms with Crippen molar-refractivity contribution in [2.45, 2.75) is 45.2 Å². The Morgan fingerprint density at radius 2 is 2.09 bits per heavy atom. The number of hydrogen-bond acceptors (Lipinski definition) is 3. The van der Waals surface area contributed by atoms with Crippen LogP contribution in [0.4, 0.5) is 0 Å². The molecule has 1 fully saturated rings. The van der Waals surface area contributed by atoms with Gasteiger partial charge in [0.05, 0.1) is 12.6 Å². The second-order valence-electron chi connectivity index (χ2n) is 6.33. The first-order chi connectivity index (χ1) is 10.7. The zero-order valence-corrected chi connectivity index (χ0v) is 13.3. The van der Waals surface area contributed by atoms with Crippen molar-refractivity contribution in [2.75, 3.05) is 7.11 Å². The summed E-state index contributed by atoms with van der Waals surface area (Å²) in [6, 6.07) is 8.27. The van der Waals surface area contributed by atoms with Gasteiger partial charge in [0, 0.05) is 24.2 Å². The number of benzene rings is 1. The van der Waals surface area contributed by atoms with Crippen LogP contribution in [-0.4, -0.2) is 18.1 Å². The molecule has 2 atom stereocenters. The molecule has 0 saturated heterocycles. The first kappa shape index (κ1) is 15.1. The molecule has 3 rings (SSSR count). The van der Waals surface area contributed by atoms with E-state index in [0.29, 0.717) is 18.5 Å². The van der Waals surface area contributed by atoms with Crippen LogP contribution in [0.2, 0.25) is 0 Å². The van der Waals surface area contributed by atoms with E-state index < -0.39 is 0 Å². The number of nitrogens with one attached hydrogen (secondary N) is 2. The van der Waals surface area contributed by atoms with Crippen molar-refractivity contribution in [2.24, 2.45) is 5.92 Å². The summed E-state index contributed by atoms with van der Waals surface area (Å²) in [4.78, 5) is 15.2. The summed E-state index contributed by atoms with van der Waals surface area (Å²) in [5, 5.41) is 4.61. The van der Waals surface area contributed by atoms with Crippen LogP contribution in [-0.2, 0) is 6.54 Å². The van der Waals surface area contributed by atoms with Crippen LogP contribution < -0.4 is 15.6 Å². The summed E-state index contributed by atoms with van der Waals surface area (Å²) in [6.45, 7) is 2.93. The Hall–Kier alpha value is -1.81. The van der Waals surface area contributed by atoms with Crippen LogP contribution in [0.1, 0.15) is 38.2 Å². The van der Waals surface area contributed by atoms with Crippen LogP contribution >= 0.6 is 0 Å². The maximum atomic E-state index is 12.3. The fourth-order valence-corrected chi connectivity index (χ4v) is 3.34. The predicted octanol–water partition coefficient (Wildman–Crippen LogP) is 3.21. The van der Waals surface area contributed by atoms with Crippen molar-refractivity contribution in [3.63, 3.8) is 0 Å². The number of ether oxygens (including phenoxy) is 1. The Bertz CT molecular complexity index is 708. The zero-order valence-electron chi connectivity index (χ0n) is 13.3. The van der Waals surface area contributed by atoms with Gasteiger partial charge < -0.3 is 15.0 Å². The first-order valence-corrected chi connectivity index (χ1v) is 8.10. The molecule has 0 spiro atoms. The number of aromatic nitrogens is 1. The van der Waals surface area contributed by atoms with Gasteiger partial charge in [-0.05, 0) is 42.3 Å². The molecule has 1 aliphatic rings. The topological polar surface area (TPSA) is 54.1 Å². The van der Waals surface area contributed by atoms with Crippen molar-refractivity contribution in [3.05, 3.63) is 40.2 Å². The Morgan fingerprint density at radius 1 is 1.27 bits per heavy atom. The molecular weight excluding hydrogens is 276 g/mol. The average Bonchev–Trinajstić information content (AvgIpc) is 2.53. The highest BCUT2D eigenvalue weighted by Gasteiger charge is 2.20. The highest BCUT2D eigenvalue weighted by molar-refractivity contribution is 5.80. The molecule has 0 bridgehead atoms. The van der Waals surface area contributed by atoms with Crippen molar-refractivity contribution in [1.82, 2.24) is 10.3 Å². The normalized spacial score (nSPS) is 21.9. The van der Waals surface area contributed by atoms with E-state index in [1.165, 1.54) is 25.7 Å². The molecule has 2 N–H and O–H groups in total. The van der Waals surface area contributed by atoms with Crippen molar-refractivity contribution >= 4 is 10.9 Å². The maximum absolute atomic E-state index is 12.3. The van der Waals surface area contributed by atoms with Crippen LogP contribution in [0.25, 0.3) is 10.9 Å². The minimum absolute atomic E-state index is 0.0169. The number of hydrogen-bond donors (Lipinski definition) is 2. The standard InChI is InChI=1S/C18H24N2O2/c1-12-5-3-4-6-16(12)19-11-14-9-13-7-8-15(22-2)10-17(13)20-18(14)21/h7-10,12,16,19H,3-6,11H2,1-2H3,(H,20,21)/t12-,16+/m1/s1. The van der Waals surface area contributed by atoms with Crippen molar-refractivity contribution in [3.8, 4) is 5.75 Å². The smallest absolute Gasteiger partial charge is 0.252 e. The third-order valence-electron chi connectivity index (χ3n) is 4.80. The quantitative estimate of drug-likeness (QED) is 0.911. The van der Waals surface area contributed by atoms with Gasteiger partial charge in [-0.3, -0.25) is 4.79 Å². The Morgan fingerprint density at radius 3 is 2.86 bits per heavy atom. The van der Waals surface area contributed by atoms with Gasteiger partial charge in [-0.1, -0.05) is 19.8 Å². The Kier molecular flexibility index (Phi) is 4.48. The molecule has 22 heavy (non-hydrogen) atoms. The molecule has 1 saturated carbocycles. The van der Waals surface area contributed by atoms with Crippen molar-refractivity contribution in [1.29, 1.82) is 0 Å². The largest absolute Gasteiger partial charge is 0.497 e.